The van der Waals surface area contributed by atoms with Crippen LogP contribution in [0.5, 0.6) is 17.2 Å². The molecule has 6 heteroatoms. The first-order valence-corrected chi connectivity index (χ1v) is 9.96. The van der Waals surface area contributed by atoms with E-state index in [2.05, 4.69) is 11.9 Å². The average molecular weight is 414 g/mol. The number of ether oxygens (including phenoxy) is 2. The zero-order valence-electron chi connectivity index (χ0n) is 17.1. The molecule has 0 fully saturated rings. The lowest BCUT2D eigenvalue weighted by molar-refractivity contribution is -0.116. The summed E-state index contributed by atoms with van der Waals surface area (Å²) in [6.07, 6.45) is 0. The molecule has 31 heavy (non-hydrogen) atoms. The Balaban J connectivity index is 1.45. The maximum Gasteiger partial charge on any atom is 0.259 e. The van der Waals surface area contributed by atoms with Crippen molar-refractivity contribution >= 4 is 23.2 Å². The molecular weight excluding hydrogens is 392 g/mol. The Labute approximate surface area is 180 Å². The van der Waals surface area contributed by atoms with Gasteiger partial charge >= 0.3 is 0 Å². The number of rotatable bonds is 7. The quantitative estimate of drug-likeness (QED) is 0.594. The van der Waals surface area contributed by atoms with E-state index in [-0.39, 0.29) is 18.4 Å². The van der Waals surface area contributed by atoms with E-state index < -0.39 is 0 Å². The predicted octanol–water partition coefficient (Wildman–Crippen LogP) is 4.94. The number of amides is 2. The van der Waals surface area contributed by atoms with Crippen molar-refractivity contribution in [1.82, 2.24) is 4.90 Å². The van der Waals surface area contributed by atoms with Gasteiger partial charge in [-0.3, -0.25) is 14.5 Å². The Morgan fingerprint density at radius 2 is 1.58 bits per heavy atom. The van der Waals surface area contributed by atoms with Crippen molar-refractivity contribution in [2.75, 3.05) is 18.5 Å². The van der Waals surface area contributed by atoms with Crippen LogP contribution < -0.4 is 14.8 Å². The zero-order valence-corrected chi connectivity index (χ0v) is 17.1. The van der Waals surface area contributed by atoms with Crippen molar-refractivity contribution in [2.45, 2.75) is 6.92 Å². The molecule has 1 heterocycles. The molecule has 0 unspecified atom stereocenters. The van der Waals surface area contributed by atoms with E-state index in [9.17, 15) is 9.59 Å². The first-order valence-electron chi connectivity index (χ1n) is 9.96. The van der Waals surface area contributed by atoms with Crippen LogP contribution in [0.2, 0.25) is 0 Å². The van der Waals surface area contributed by atoms with E-state index in [1.807, 2.05) is 37.3 Å². The molecule has 0 saturated carbocycles. The molecule has 0 spiro atoms. The van der Waals surface area contributed by atoms with E-state index in [4.69, 9.17) is 9.47 Å². The normalized spacial score (nSPS) is 12.5. The first kappa shape index (κ1) is 20.2. The molecule has 4 rings (SSSR count). The van der Waals surface area contributed by atoms with Gasteiger partial charge in [-0.05, 0) is 49.4 Å². The molecule has 0 aliphatic carbocycles. The van der Waals surface area contributed by atoms with Crippen LogP contribution in [0.1, 0.15) is 22.8 Å². The second-order valence-electron chi connectivity index (χ2n) is 6.93. The van der Waals surface area contributed by atoms with Gasteiger partial charge in [0.15, 0.2) is 5.75 Å². The fraction of sp³-hybridized carbons (Fsp3) is 0.120. The average Bonchev–Trinajstić information content (AvgIpc) is 3.02. The van der Waals surface area contributed by atoms with Crippen molar-refractivity contribution in [3.63, 3.8) is 0 Å². The van der Waals surface area contributed by atoms with E-state index >= 15 is 0 Å². The van der Waals surface area contributed by atoms with Crippen LogP contribution in [-0.2, 0) is 4.79 Å². The van der Waals surface area contributed by atoms with Crippen molar-refractivity contribution in [3.05, 3.63) is 90.5 Å². The fourth-order valence-corrected chi connectivity index (χ4v) is 3.39. The SMILES string of the molecule is C=C1c2ccccc2C(=O)N1CC(=O)Nc1ccccc1Oc1ccc(OCC)cc1. The molecule has 3 aromatic rings. The first-order chi connectivity index (χ1) is 15.1. The second-order valence-corrected chi connectivity index (χ2v) is 6.93. The Morgan fingerprint density at radius 3 is 2.29 bits per heavy atom. The highest BCUT2D eigenvalue weighted by molar-refractivity contribution is 6.11. The van der Waals surface area contributed by atoms with Crippen molar-refractivity contribution < 1.29 is 19.1 Å². The summed E-state index contributed by atoms with van der Waals surface area (Å²) in [6, 6.07) is 21.6. The molecule has 0 saturated heterocycles. The Kier molecular flexibility index (Phi) is 5.71. The van der Waals surface area contributed by atoms with Gasteiger partial charge in [0.25, 0.3) is 5.91 Å². The predicted molar refractivity (Wildman–Crippen MR) is 119 cm³/mol. The van der Waals surface area contributed by atoms with Crippen LogP contribution in [0.15, 0.2) is 79.4 Å². The number of benzene rings is 3. The van der Waals surface area contributed by atoms with E-state index in [1.165, 1.54) is 4.90 Å². The van der Waals surface area contributed by atoms with Crippen LogP contribution >= 0.6 is 0 Å². The molecule has 1 aliphatic rings. The van der Waals surface area contributed by atoms with Crippen LogP contribution in [0, 0.1) is 0 Å². The van der Waals surface area contributed by atoms with E-state index in [1.54, 1.807) is 42.5 Å². The summed E-state index contributed by atoms with van der Waals surface area (Å²) < 4.78 is 11.4. The van der Waals surface area contributed by atoms with Crippen LogP contribution in [-0.4, -0.2) is 29.9 Å². The summed E-state index contributed by atoms with van der Waals surface area (Å²) in [5.74, 6) is 1.30. The fourth-order valence-electron chi connectivity index (χ4n) is 3.39. The van der Waals surface area contributed by atoms with Crippen molar-refractivity contribution in [2.24, 2.45) is 0 Å². The van der Waals surface area contributed by atoms with Gasteiger partial charge in [-0.2, -0.15) is 0 Å². The summed E-state index contributed by atoms with van der Waals surface area (Å²) in [6.45, 7) is 6.35. The highest BCUT2D eigenvalue weighted by atomic mass is 16.5. The minimum Gasteiger partial charge on any atom is -0.494 e. The maximum absolute atomic E-state index is 12.7. The molecule has 1 aliphatic heterocycles. The molecule has 156 valence electrons. The van der Waals surface area contributed by atoms with Gasteiger partial charge in [-0.25, -0.2) is 0 Å². The molecule has 3 aromatic carbocycles. The van der Waals surface area contributed by atoms with Crippen molar-refractivity contribution in [3.8, 4) is 17.2 Å². The van der Waals surface area contributed by atoms with Crippen LogP contribution in [0.25, 0.3) is 5.70 Å². The molecule has 2 amide bonds. The molecule has 0 atom stereocenters. The minimum atomic E-state index is -0.343. The van der Waals surface area contributed by atoms with Gasteiger partial charge in [0, 0.05) is 16.8 Å². The van der Waals surface area contributed by atoms with E-state index in [0.29, 0.717) is 35.1 Å². The molecule has 0 aromatic heterocycles. The number of fused-ring (bicyclic) bond motifs is 1. The third-order valence-electron chi connectivity index (χ3n) is 4.86. The summed E-state index contributed by atoms with van der Waals surface area (Å²) in [5, 5.41) is 2.83. The lowest BCUT2D eigenvalue weighted by Crippen LogP contribution is -2.32. The summed E-state index contributed by atoms with van der Waals surface area (Å²) >= 11 is 0. The number of nitrogens with one attached hydrogen (secondary N) is 1. The Hall–Kier alpha value is -4.06. The third-order valence-corrected chi connectivity index (χ3v) is 4.86. The molecule has 0 bridgehead atoms. The molecular formula is C25H22N2O4. The largest absolute Gasteiger partial charge is 0.494 e. The van der Waals surface area contributed by atoms with Crippen molar-refractivity contribution in [1.29, 1.82) is 0 Å². The maximum atomic E-state index is 12.7. The van der Waals surface area contributed by atoms with Crippen LogP contribution in [0.4, 0.5) is 5.69 Å². The second kappa shape index (κ2) is 8.75. The van der Waals surface area contributed by atoms with Gasteiger partial charge in [0.2, 0.25) is 5.91 Å². The highest BCUT2D eigenvalue weighted by Crippen LogP contribution is 2.32. The smallest absolute Gasteiger partial charge is 0.259 e. The number of carbonyl (C=O) groups excluding carboxylic acids is 2. The Morgan fingerprint density at radius 1 is 0.935 bits per heavy atom. The lowest BCUT2D eigenvalue weighted by Gasteiger charge is -2.18. The number of para-hydroxylation sites is 2. The van der Waals surface area contributed by atoms with Gasteiger partial charge in [0.1, 0.15) is 18.0 Å². The summed E-state index contributed by atoms with van der Waals surface area (Å²) in [5.41, 5.74) is 2.34. The summed E-state index contributed by atoms with van der Waals surface area (Å²) in [4.78, 5) is 26.7. The Bertz CT molecular complexity index is 1100. The molecule has 1 N–H and O–H groups in total. The monoisotopic (exact) mass is 414 g/mol. The van der Waals surface area contributed by atoms with E-state index in [0.717, 1.165) is 11.3 Å². The van der Waals surface area contributed by atoms with Gasteiger partial charge < -0.3 is 14.8 Å². The topological polar surface area (TPSA) is 67.9 Å². The number of hydrogen-bond donors (Lipinski definition) is 1. The molecule has 6 nitrogen and oxygen atoms in total. The number of anilines is 1. The van der Waals surface area contributed by atoms with Crippen LogP contribution in [0.3, 0.4) is 0 Å². The highest BCUT2D eigenvalue weighted by Gasteiger charge is 2.31. The standard InChI is InChI=1S/C25H22N2O4/c1-3-30-18-12-14-19(15-13-18)31-23-11-7-6-10-22(23)26-24(28)16-27-17(2)20-8-4-5-9-21(20)25(27)29/h4-15H,2-3,16H2,1H3,(H,26,28). The van der Waals surface area contributed by atoms with Gasteiger partial charge in [-0.15, -0.1) is 0 Å². The summed E-state index contributed by atoms with van der Waals surface area (Å²) in [7, 11) is 0. The number of carbonyl (C=O) groups is 2. The minimum absolute atomic E-state index is 0.135. The van der Waals surface area contributed by atoms with Gasteiger partial charge in [-0.1, -0.05) is 36.9 Å². The number of nitrogens with zero attached hydrogens (tertiary/aromatic N) is 1. The van der Waals surface area contributed by atoms with Gasteiger partial charge in [0.05, 0.1) is 12.3 Å². The molecule has 0 radical (unpaired) electrons. The zero-order chi connectivity index (χ0) is 21.8. The lowest BCUT2D eigenvalue weighted by atomic mass is 10.1. The third kappa shape index (κ3) is 4.28. The number of hydrogen-bond acceptors (Lipinski definition) is 4.